The molecule has 41 heavy (non-hydrogen) atoms. The number of carbonyl (C=O) groups is 1. The third kappa shape index (κ3) is 5.49. The summed E-state index contributed by atoms with van der Waals surface area (Å²) in [7, 11) is -3.81. The van der Waals surface area contributed by atoms with E-state index < -0.39 is 21.2 Å². The van der Waals surface area contributed by atoms with Crippen molar-refractivity contribution in [3.8, 4) is 5.75 Å². The second-order valence-electron chi connectivity index (χ2n) is 13.4. The van der Waals surface area contributed by atoms with Crippen LogP contribution in [-0.2, 0) is 21.9 Å². The van der Waals surface area contributed by atoms with Crippen LogP contribution in [0.5, 0.6) is 5.75 Å². The number of rotatable bonds is 0. The fraction of sp³-hybridized carbons (Fsp3) is 0.606. The van der Waals surface area contributed by atoms with Gasteiger partial charge in [0.2, 0.25) is 10.0 Å². The van der Waals surface area contributed by atoms with Crippen molar-refractivity contribution in [2.24, 2.45) is 23.7 Å². The lowest BCUT2D eigenvalue weighted by Gasteiger charge is -2.46. The van der Waals surface area contributed by atoms with Crippen molar-refractivity contribution in [2.75, 3.05) is 24.6 Å². The van der Waals surface area contributed by atoms with Crippen LogP contribution in [-0.4, -0.2) is 39.3 Å². The van der Waals surface area contributed by atoms with Crippen LogP contribution in [0, 0.1) is 23.7 Å². The molecule has 1 fully saturated rings. The SMILES string of the molecule is C[C@@H]1CCC[C@H](C)[C@@H](C)S(=O)(=O)NC(=O)c2ccc3c(c2)N(C[C@@H]2CC[C@H]21)C[C@@]1(CCCc2cc(Cl)ccc21)CO3. The number of carbonyl (C=O) groups excluding carboxylic acids is 1. The van der Waals surface area contributed by atoms with Crippen LogP contribution in [0.25, 0.3) is 0 Å². The van der Waals surface area contributed by atoms with Crippen LogP contribution in [0.2, 0.25) is 5.02 Å². The summed E-state index contributed by atoms with van der Waals surface area (Å²) in [6.45, 7) is 8.35. The third-order valence-corrected chi connectivity index (χ3v) is 13.0. The summed E-state index contributed by atoms with van der Waals surface area (Å²) in [5, 5.41) is 0.121. The first-order chi connectivity index (χ1) is 19.6. The third-order valence-electron chi connectivity index (χ3n) is 10.8. The van der Waals surface area contributed by atoms with E-state index in [1.807, 2.05) is 25.1 Å². The molecule has 6 atom stereocenters. The van der Waals surface area contributed by atoms with Gasteiger partial charge in [-0.05, 0) is 111 Å². The van der Waals surface area contributed by atoms with Crippen LogP contribution in [0.1, 0.15) is 87.2 Å². The number of hydrogen-bond donors (Lipinski definition) is 1. The number of nitrogens with zero attached hydrogens (tertiary/aromatic N) is 1. The van der Waals surface area contributed by atoms with E-state index in [2.05, 4.69) is 28.7 Å². The normalized spacial score (nSPS) is 33.4. The van der Waals surface area contributed by atoms with Crippen LogP contribution >= 0.6 is 11.6 Å². The highest BCUT2D eigenvalue weighted by atomic mass is 35.5. The smallest absolute Gasteiger partial charge is 0.264 e. The Morgan fingerprint density at radius 2 is 1.80 bits per heavy atom. The maximum atomic E-state index is 13.3. The molecule has 0 unspecified atom stereocenters. The van der Waals surface area contributed by atoms with Crippen molar-refractivity contribution in [2.45, 2.75) is 82.8 Å². The zero-order chi connectivity index (χ0) is 28.9. The van der Waals surface area contributed by atoms with Gasteiger partial charge in [0.1, 0.15) is 5.75 Å². The number of fused-ring (bicyclic) bond motifs is 4. The quantitative estimate of drug-likeness (QED) is 0.363. The van der Waals surface area contributed by atoms with E-state index in [9.17, 15) is 13.2 Å². The van der Waals surface area contributed by atoms with Gasteiger partial charge < -0.3 is 9.64 Å². The molecule has 1 saturated carbocycles. The Hall–Kier alpha value is -2.25. The van der Waals surface area contributed by atoms with E-state index in [1.165, 1.54) is 24.0 Å². The van der Waals surface area contributed by atoms with Gasteiger partial charge in [0.25, 0.3) is 5.91 Å². The number of amides is 1. The Kier molecular flexibility index (Phi) is 7.82. The van der Waals surface area contributed by atoms with Crippen molar-refractivity contribution >= 4 is 33.2 Å². The first-order valence-electron chi connectivity index (χ1n) is 15.4. The van der Waals surface area contributed by atoms with E-state index in [1.54, 1.807) is 13.0 Å². The summed E-state index contributed by atoms with van der Waals surface area (Å²) < 4.78 is 35.4. The van der Waals surface area contributed by atoms with Crippen LogP contribution in [0.15, 0.2) is 36.4 Å². The zero-order valence-corrected chi connectivity index (χ0v) is 26.1. The lowest BCUT2D eigenvalue weighted by molar-refractivity contribution is 0.0980. The molecular weight excluding hydrogens is 556 g/mol. The Labute approximate surface area is 250 Å². The van der Waals surface area contributed by atoms with Crippen molar-refractivity contribution in [3.05, 3.63) is 58.1 Å². The number of sulfonamides is 1. The molecule has 6 rings (SSSR count). The van der Waals surface area contributed by atoms with E-state index >= 15 is 0 Å². The van der Waals surface area contributed by atoms with Gasteiger partial charge in [0.15, 0.2) is 0 Å². The van der Waals surface area contributed by atoms with Gasteiger partial charge in [-0.3, -0.25) is 4.79 Å². The summed E-state index contributed by atoms with van der Waals surface area (Å²) in [5.74, 6) is 1.99. The maximum Gasteiger partial charge on any atom is 0.264 e. The molecule has 2 aliphatic carbocycles. The van der Waals surface area contributed by atoms with E-state index in [0.29, 0.717) is 29.9 Å². The van der Waals surface area contributed by atoms with E-state index in [-0.39, 0.29) is 11.3 Å². The first kappa shape index (κ1) is 28.9. The summed E-state index contributed by atoms with van der Waals surface area (Å²) in [4.78, 5) is 15.8. The second kappa shape index (κ2) is 11.1. The summed E-state index contributed by atoms with van der Waals surface area (Å²) in [6, 6.07) is 11.7. The molecule has 0 radical (unpaired) electrons. The Balaban J connectivity index is 1.41. The Morgan fingerprint density at radius 3 is 2.59 bits per heavy atom. The number of hydrogen-bond acceptors (Lipinski definition) is 5. The molecule has 0 aromatic heterocycles. The van der Waals surface area contributed by atoms with Gasteiger partial charge in [-0.2, -0.15) is 0 Å². The Morgan fingerprint density at radius 1 is 1.00 bits per heavy atom. The largest absolute Gasteiger partial charge is 0.490 e. The average Bonchev–Trinajstić information content (AvgIpc) is 3.06. The van der Waals surface area contributed by atoms with Crippen LogP contribution in [0.4, 0.5) is 5.69 Å². The van der Waals surface area contributed by atoms with Gasteiger partial charge in [0.05, 0.1) is 17.5 Å². The zero-order valence-electron chi connectivity index (χ0n) is 24.5. The molecule has 222 valence electrons. The molecule has 8 heteroatoms. The number of nitrogens with one attached hydrogen (secondary N) is 1. The molecule has 6 nitrogen and oxygen atoms in total. The minimum atomic E-state index is -3.81. The van der Waals surface area contributed by atoms with Crippen molar-refractivity contribution in [3.63, 3.8) is 0 Å². The fourth-order valence-corrected chi connectivity index (χ4v) is 9.41. The van der Waals surface area contributed by atoms with Crippen LogP contribution < -0.4 is 14.4 Å². The molecule has 2 heterocycles. The monoisotopic (exact) mass is 598 g/mol. The van der Waals surface area contributed by atoms with Gasteiger partial charge in [-0.15, -0.1) is 0 Å². The number of ether oxygens (including phenoxy) is 1. The molecule has 2 bridgehead atoms. The van der Waals surface area contributed by atoms with Crippen molar-refractivity contribution < 1.29 is 17.9 Å². The summed E-state index contributed by atoms with van der Waals surface area (Å²) in [5.41, 5.74) is 3.67. The number of aryl methyl sites for hydroxylation is 1. The van der Waals surface area contributed by atoms with Crippen LogP contribution in [0.3, 0.4) is 0 Å². The predicted molar refractivity (Wildman–Crippen MR) is 164 cm³/mol. The molecule has 4 aliphatic rings. The topological polar surface area (TPSA) is 75.7 Å². The van der Waals surface area contributed by atoms with Crippen molar-refractivity contribution in [1.82, 2.24) is 4.72 Å². The lowest BCUT2D eigenvalue weighted by Crippen LogP contribution is -2.49. The molecule has 1 N–H and O–H groups in total. The number of anilines is 1. The Bertz CT molecular complexity index is 1430. The minimum absolute atomic E-state index is 0.0297. The molecule has 0 saturated heterocycles. The lowest BCUT2D eigenvalue weighted by atomic mass is 9.65. The van der Waals surface area contributed by atoms with Gasteiger partial charge in [-0.1, -0.05) is 44.4 Å². The highest BCUT2D eigenvalue weighted by Crippen LogP contribution is 2.47. The molecule has 2 aromatic rings. The molecule has 2 aromatic carbocycles. The first-order valence-corrected chi connectivity index (χ1v) is 17.4. The fourth-order valence-electron chi connectivity index (χ4n) is 7.91. The van der Waals surface area contributed by atoms with Gasteiger partial charge >= 0.3 is 0 Å². The molecule has 2 aliphatic heterocycles. The maximum absolute atomic E-state index is 13.3. The second-order valence-corrected chi connectivity index (χ2v) is 15.8. The molecule has 1 spiro atoms. The molecule has 1 amide bonds. The van der Waals surface area contributed by atoms with Gasteiger partial charge in [0, 0.05) is 29.1 Å². The molecular formula is C33H43ClN2O4S. The average molecular weight is 599 g/mol. The van der Waals surface area contributed by atoms with Gasteiger partial charge in [-0.25, -0.2) is 13.1 Å². The van der Waals surface area contributed by atoms with E-state index in [0.717, 1.165) is 68.1 Å². The predicted octanol–water partition coefficient (Wildman–Crippen LogP) is 6.74. The standard InChI is InChI=1S/C33H43ClN2O4S/c1-21-6-4-7-22(2)28-12-9-26(28)18-36-19-33(15-5-8-24-16-27(34)11-13-29(24)33)20-40-31-14-10-25(17-30(31)36)32(37)35-41(38,39)23(21)3/h10-11,13-14,16-17,21-23,26,28H,4-9,12,15,18-20H2,1-3H3,(H,35,37)/t21-,22+,23+,26-,28-,33-/m0/s1. The number of benzene rings is 2. The van der Waals surface area contributed by atoms with Crippen molar-refractivity contribution in [1.29, 1.82) is 0 Å². The highest BCUT2D eigenvalue weighted by Gasteiger charge is 2.44. The summed E-state index contributed by atoms with van der Waals surface area (Å²) in [6.07, 6.45) is 8.53. The van der Waals surface area contributed by atoms with E-state index in [4.69, 9.17) is 16.3 Å². The minimum Gasteiger partial charge on any atom is -0.490 e. The highest BCUT2D eigenvalue weighted by molar-refractivity contribution is 7.90. The number of halogens is 1. The summed E-state index contributed by atoms with van der Waals surface area (Å²) >= 11 is 6.41.